The van der Waals surface area contributed by atoms with Gasteiger partial charge in [-0.1, -0.05) is 0 Å². The third-order valence-corrected chi connectivity index (χ3v) is 4.92. The number of morpholine rings is 1. The molecule has 1 aliphatic carbocycles. The molecule has 1 heterocycles. The molecule has 0 bridgehead atoms. The Bertz CT molecular complexity index is 522. The number of carbonyl (C=O) groups is 1. The minimum atomic E-state index is 0.0547. The van der Waals surface area contributed by atoms with E-state index in [9.17, 15) is 4.79 Å². The predicted molar refractivity (Wildman–Crippen MR) is 92.9 cm³/mol. The molecule has 1 amide bonds. The fourth-order valence-corrected chi connectivity index (χ4v) is 3.09. The van der Waals surface area contributed by atoms with Crippen LogP contribution in [0.4, 0.5) is 11.4 Å². The van der Waals surface area contributed by atoms with E-state index in [1.807, 2.05) is 19.2 Å². The molecule has 1 atom stereocenters. The Morgan fingerprint density at radius 1 is 1.30 bits per heavy atom. The van der Waals surface area contributed by atoms with Crippen molar-refractivity contribution >= 4 is 17.3 Å². The third-order valence-electron chi connectivity index (χ3n) is 4.92. The fourth-order valence-electron chi connectivity index (χ4n) is 3.09. The molecule has 1 aromatic rings. The van der Waals surface area contributed by atoms with Gasteiger partial charge >= 0.3 is 0 Å². The second-order valence-electron chi connectivity index (χ2n) is 6.69. The number of nitrogens with one attached hydrogen (secondary N) is 1. The molecule has 126 valence electrons. The monoisotopic (exact) mass is 317 g/mol. The molecular formula is C18H27N3O2. The lowest BCUT2D eigenvalue weighted by molar-refractivity contribution is -0.117. The van der Waals surface area contributed by atoms with Crippen molar-refractivity contribution in [3.63, 3.8) is 0 Å². The van der Waals surface area contributed by atoms with Crippen molar-refractivity contribution in [2.45, 2.75) is 25.8 Å². The Morgan fingerprint density at radius 2 is 1.96 bits per heavy atom. The Hall–Kier alpha value is -1.59. The Balaban J connectivity index is 1.50. The van der Waals surface area contributed by atoms with Gasteiger partial charge < -0.3 is 15.0 Å². The lowest BCUT2D eigenvalue weighted by atomic mass is 10.2. The summed E-state index contributed by atoms with van der Waals surface area (Å²) in [4.78, 5) is 16.6. The van der Waals surface area contributed by atoms with Crippen LogP contribution < -0.4 is 10.2 Å². The summed E-state index contributed by atoms with van der Waals surface area (Å²) in [7, 11) is 2.03. The number of benzene rings is 1. The topological polar surface area (TPSA) is 44.8 Å². The number of anilines is 2. The summed E-state index contributed by atoms with van der Waals surface area (Å²) in [5.41, 5.74) is 2.05. The fraction of sp³-hybridized carbons (Fsp3) is 0.611. The number of hydrogen-bond acceptors (Lipinski definition) is 4. The number of hydrogen-bond donors (Lipinski definition) is 1. The lowest BCUT2D eigenvalue weighted by Crippen LogP contribution is -2.37. The minimum Gasteiger partial charge on any atom is -0.378 e. The van der Waals surface area contributed by atoms with E-state index in [-0.39, 0.29) is 5.91 Å². The Morgan fingerprint density at radius 3 is 2.57 bits per heavy atom. The van der Waals surface area contributed by atoms with Crippen molar-refractivity contribution in [2.24, 2.45) is 5.92 Å². The smallest absolute Gasteiger partial charge is 0.238 e. The van der Waals surface area contributed by atoms with E-state index in [0.29, 0.717) is 12.6 Å². The van der Waals surface area contributed by atoms with E-state index in [4.69, 9.17) is 4.74 Å². The van der Waals surface area contributed by atoms with E-state index >= 15 is 0 Å². The molecule has 1 aromatic carbocycles. The van der Waals surface area contributed by atoms with Gasteiger partial charge in [-0.05, 0) is 57.0 Å². The van der Waals surface area contributed by atoms with Gasteiger partial charge in [0, 0.05) is 30.5 Å². The van der Waals surface area contributed by atoms with Gasteiger partial charge in [-0.2, -0.15) is 0 Å². The molecule has 0 spiro atoms. The van der Waals surface area contributed by atoms with Gasteiger partial charge in [-0.3, -0.25) is 9.69 Å². The highest BCUT2D eigenvalue weighted by molar-refractivity contribution is 5.92. The van der Waals surface area contributed by atoms with Crippen LogP contribution in [0.1, 0.15) is 19.8 Å². The number of rotatable bonds is 6. The van der Waals surface area contributed by atoms with E-state index in [0.717, 1.165) is 37.9 Å². The molecule has 5 heteroatoms. The Kier molecular flexibility index (Phi) is 5.18. The van der Waals surface area contributed by atoms with Crippen molar-refractivity contribution in [3.05, 3.63) is 24.3 Å². The molecule has 23 heavy (non-hydrogen) atoms. The predicted octanol–water partition coefficient (Wildman–Crippen LogP) is 2.19. The molecule has 1 N–H and O–H groups in total. The molecule has 1 saturated carbocycles. The largest absolute Gasteiger partial charge is 0.378 e. The average Bonchev–Trinajstić information content (AvgIpc) is 3.40. The third kappa shape index (κ3) is 4.45. The van der Waals surface area contributed by atoms with Crippen molar-refractivity contribution in [2.75, 3.05) is 50.1 Å². The molecule has 2 fully saturated rings. The molecule has 1 saturated heterocycles. The van der Waals surface area contributed by atoms with Crippen molar-refractivity contribution in [3.8, 4) is 0 Å². The summed E-state index contributed by atoms with van der Waals surface area (Å²) in [5.74, 6) is 0.833. The van der Waals surface area contributed by atoms with Crippen LogP contribution in [0.25, 0.3) is 0 Å². The second kappa shape index (κ2) is 7.32. The first kappa shape index (κ1) is 16.3. The highest BCUT2D eigenvalue weighted by atomic mass is 16.5. The van der Waals surface area contributed by atoms with E-state index in [1.165, 1.54) is 18.5 Å². The summed E-state index contributed by atoms with van der Waals surface area (Å²) >= 11 is 0. The first-order valence-corrected chi connectivity index (χ1v) is 8.56. The van der Waals surface area contributed by atoms with Gasteiger partial charge in [0.15, 0.2) is 0 Å². The van der Waals surface area contributed by atoms with Crippen LogP contribution in [0.15, 0.2) is 24.3 Å². The van der Waals surface area contributed by atoms with Crippen LogP contribution in [-0.4, -0.2) is 56.7 Å². The summed E-state index contributed by atoms with van der Waals surface area (Å²) < 4.78 is 5.37. The first-order chi connectivity index (χ1) is 11.1. The maximum Gasteiger partial charge on any atom is 0.238 e. The van der Waals surface area contributed by atoms with Crippen LogP contribution >= 0.6 is 0 Å². The molecule has 2 aliphatic rings. The average molecular weight is 317 g/mol. The molecule has 3 rings (SSSR count). The number of carbonyl (C=O) groups excluding carboxylic acids is 1. The van der Waals surface area contributed by atoms with E-state index in [1.54, 1.807) is 0 Å². The zero-order valence-electron chi connectivity index (χ0n) is 14.1. The lowest BCUT2D eigenvalue weighted by Gasteiger charge is -2.29. The summed E-state index contributed by atoms with van der Waals surface area (Å²) in [6.45, 7) is 6.07. The molecule has 0 unspecified atom stereocenters. The SMILES string of the molecule is C[C@@H](C1CC1)N(C)CC(=O)Nc1ccc(N2CCOCC2)cc1. The maximum atomic E-state index is 12.2. The highest BCUT2D eigenvalue weighted by Gasteiger charge is 2.30. The normalized spacial score (nSPS) is 19.7. The van der Waals surface area contributed by atoms with Gasteiger partial charge in [-0.15, -0.1) is 0 Å². The second-order valence-corrected chi connectivity index (χ2v) is 6.69. The van der Waals surface area contributed by atoms with E-state index in [2.05, 4.69) is 34.2 Å². The van der Waals surface area contributed by atoms with Crippen molar-refractivity contribution in [1.29, 1.82) is 0 Å². The quantitative estimate of drug-likeness (QED) is 0.873. The number of ether oxygens (including phenoxy) is 1. The number of amides is 1. The standard InChI is InChI=1S/C18H27N3O2/c1-14(15-3-4-15)20(2)13-18(22)19-16-5-7-17(8-6-16)21-9-11-23-12-10-21/h5-8,14-15H,3-4,9-13H2,1-2H3,(H,19,22)/t14-/m0/s1. The molecular weight excluding hydrogens is 290 g/mol. The van der Waals surface area contributed by atoms with Crippen molar-refractivity contribution < 1.29 is 9.53 Å². The number of likely N-dealkylation sites (N-methyl/N-ethyl adjacent to an activating group) is 1. The molecule has 0 radical (unpaired) electrons. The number of nitrogens with zero attached hydrogens (tertiary/aromatic N) is 2. The van der Waals surface area contributed by atoms with Gasteiger partial charge in [0.25, 0.3) is 0 Å². The first-order valence-electron chi connectivity index (χ1n) is 8.56. The molecule has 5 nitrogen and oxygen atoms in total. The van der Waals surface area contributed by atoms with Gasteiger partial charge in [0.2, 0.25) is 5.91 Å². The summed E-state index contributed by atoms with van der Waals surface area (Å²) in [6.07, 6.45) is 2.60. The highest BCUT2D eigenvalue weighted by Crippen LogP contribution is 2.34. The van der Waals surface area contributed by atoms with Gasteiger partial charge in [0.05, 0.1) is 19.8 Å². The summed E-state index contributed by atoms with van der Waals surface area (Å²) in [5, 5.41) is 2.99. The Labute approximate surface area is 138 Å². The van der Waals surface area contributed by atoms with E-state index < -0.39 is 0 Å². The molecule has 1 aliphatic heterocycles. The van der Waals surface area contributed by atoms with Gasteiger partial charge in [0.1, 0.15) is 0 Å². The van der Waals surface area contributed by atoms with Crippen LogP contribution in [0.3, 0.4) is 0 Å². The molecule has 0 aromatic heterocycles. The maximum absolute atomic E-state index is 12.2. The van der Waals surface area contributed by atoms with Crippen LogP contribution in [0, 0.1) is 5.92 Å². The zero-order chi connectivity index (χ0) is 16.2. The zero-order valence-corrected chi connectivity index (χ0v) is 14.1. The van der Waals surface area contributed by atoms with Crippen LogP contribution in [-0.2, 0) is 9.53 Å². The summed E-state index contributed by atoms with van der Waals surface area (Å²) in [6, 6.07) is 8.58. The van der Waals surface area contributed by atoms with Crippen LogP contribution in [0.2, 0.25) is 0 Å². The van der Waals surface area contributed by atoms with Crippen molar-refractivity contribution in [1.82, 2.24) is 4.90 Å². The van der Waals surface area contributed by atoms with Crippen LogP contribution in [0.5, 0.6) is 0 Å². The van der Waals surface area contributed by atoms with Gasteiger partial charge in [-0.25, -0.2) is 0 Å². The minimum absolute atomic E-state index is 0.0547.